The van der Waals surface area contributed by atoms with Gasteiger partial charge in [0.2, 0.25) is 0 Å². The zero-order chi connectivity index (χ0) is 17.1. The van der Waals surface area contributed by atoms with Crippen molar-refractivity contribution in [2.75, 3.05) is 6.61 Å². The molecule has 0 fully saturated rings. The van der Waals surface area contributed by atoms with E-state index in [9.17, 15) is 9.18 Å². The topological polar surface area (TPSA) is 68.3 Å². The van der Waals surface area contributed by atoms with Crippen molar-refractivity contribution in [2.45, 2.75) is 6.92 Å². The average Bonchev–Trinajstić information content (AvgIpc) is 2.92. The SMILES string of the molecule is CCOC(=O)c1nc2ccc(F)cn2c1N=Nc1ccccc1Cl. The third kappa shape index (κ3) is 3.11. The molecular formula is C16H12ClFN4O2. The Morgan fingerprint density at radius 2 is 2.08 bits per heavy atom. The highest BCUT2D eigenvalue weighted by molar-refractivity contribution is 6.32. The Bertz CT molecular complexity index is 939. The van der Waals surface area contributed by atoms with Crippen LogP contribution in [-0.4, -0.2) is 22.0 Å². The average molecular weight is 347 g/mol. The van der Waals surface area contributed by atoms with E-state index in [-0.39, 0.29) is 18.1 Å². The molecule has 0 aliphatic carbocycles. The summed E-state index contributed by atoms with van der Waals surface area (Å²) >= 11 is 6.03. The smallest absolute Gasteiger partial charge is 0.360 e. The fraction of sp³-hybridized carbons (Fsp3) is 0.125. The van der Waals surface area contributed by atoms with Crippen molar-refractivity contribution in [3.05, 3.63) is 59.1 Å². The first-order valence-electron chi connectivity index (χ1n) is 7.11. The Kier molecular flexibility index (Phi) is 4.52. The van der Waals surface area contributed by atoms with Crippen LogP contribution in [0.15, 0.2) is 52.8 Å². The van der Waals surface area contributed by atoms with Gasteiger partial charge in [0, 0.05) is 6.20 Å². The van der Waals surface area contributed by atoms with Gasteiger partial charge in [-0.15, -0.1) is 10.2 Å². The van der Waals surface area contributed by atoms with Crippen molar-refractivity contribution in [1.29, 1.82) is 0 Å². The van der Waals surface area contributed by atoms with Crippen LogP contribution in [0, 0.1) is 5.82 Å². The number of azo groups is 1. The predicted octanol–water partition coefficient (Wildman–Crippen LogP) is 4.72. The molecule has 0 saturated carbocycles. The summed E-state index contributed by atoms with van der Waals surface area (Å²) in [5, 5.41) is 8.48. The second-order valence-corrected chi connectivity index (χ2v) is 5.14. The molecular weight excluding hydrogens is 335 g/mol. The largest absolute Gasteiger partial charge is 0.461 e. The maximum atomic E-state index is 13.5. The van der Waals surface area contributed by atoms with E-state index < -0.39 is 11.8 Å². The van der Waals surface area contributed by atoms with Gasteiger partial charge in [0.15, 0.2) is 11.5 Å². The summed E-state index contributed by atoms with van der Waals surface area (Å²) in [5.74, 6) is -1.08. The summed E-state index contributed by atoms with van der Waals surface area (Å²) in [6.07, 6.45) is 1.17. The van der Waals surface area contributed by atoms with Crippen LogP contribution >= 0.6 is 11.6 Å². The summed E-state index contributed by atoms with van der Waals surface area (Å²) in [6, 6.07) is 9.52. The molecule has 0 saturated heterocycles. The van der Waals surface area contributed by atoms with Gasteiger partial charge in [0.05, 0.1) is 11.6 Å². The molecule has 0 bridgehead atoms. The minimum atomic E-state index is -0.658. The van der Waals surface area contributed by atoms with Crippen molar-refractivity contribution in [3.8, 4) is 0 Å². The lowest BCUT2D eigenvalue weighted by Gasteiger charge is -2.00. The van der Waals surface area contributed by atoms with Gasteiger partial charge < -0.3 is 4.74 Å². The molecule has 3 aromatic rings. The second-order valence-electron chi connectivity index (χ2n) is 4.73. The summed E-state index contributed by atoms with van der Waals surface area (Å²) in [7, 11) is 0. The molecule has 122 valence electrons. The Morgan fingerprint density at radius 3 is 2.83 bits per heavy atom. The number of benzene rings is 1. The van der Waals surface area contributed by atoms with Gasteiger partial charge >= 0.3 is 5.97 Å². The number of pyridine rings is 1. The highest BCUT2D eigenvalue weighted by Crippen LogP contribution is 2.28. The lowest BCUT2D eigenvalue weighted by Crippen LogP contribution is -2.05. The number of ether oxygens (including phenoxy) is 1. The van der Waals surface area contributed by atoms with Crippen LogP contribution in [0.4, 0.5) is 15.9 Å². The highest BCUT2D eigenvalue weighted by atomic mass is 35.5. The van der Waals surface area contributed by atoms with Crippen molar-refractivity contribution in [1.82, 2.24) is 9.38 Å². The summed E-state index contributed by atoms with van der Waals surface area (Å²) in [6.45, 7) is 1.86. The molecule has 0 spiro atoms. The number of rotatable bonds is 4. The molecule has 0 N–H and O–H groups in total. The molecule has 2 heterocycles. The number of fused-ring (bicyclic) bond motifs is 1. The first-order valence-corrected chi connectivity index (χ1v) is 7.49. The van der Waals surface area contributed by atoms with Crippen molar-refractivity contribution in [3.63, 3.8) is 0 Å². The first kappa shape index (κ1) is 16.1. The molecule has 0 amide bonds. The standard InChI is InChI=1S/C16H12ClFN4O2/c1-2-24-16(23)14-15(21-20-12-6-4-3-5-11(12)17)22-9-10(18)7-8-13(22)19-14/h3-9H,2H2,1H3. The van der Waals surface area contributed by atoms with E-state index in [4.69, 9.17) is 16.3 Å². The first-order chi connectivity index (χ1) is 11.6. The zero-order valence-corrected chi connectivity index (χ0v) is 13.4. The maximum Gasteiger partial charge on any atom is 0.360 e. The van der Waals surface area contributed by atoms with E-state index in [0.717, 1.165) is 0 Å². The van der Waals surface area contributed by atoms with E-state index in [0.29, 0.717) is 16.4 Å². The molecule has 2 aromatic heterocycles. The number of imidazole rings is 1. The number of carbonyl (C=O) groups excluding carboxylic acids is 1. The summed E-state index contributed by atoms with van der Waals surface area (Å²) < 4.78 is 19.8. The molecule has 1 aromatic carbocycles. The number of esters is 1. The quantitative estimate of drug-likeness (QED) is 0.507. The van der Waals surface area contributed by atoms with Crippen LogP contribution < -0.4 is 0 Å². The minimum absolute atomic E-state index is 0.0433. The fourth-order valence-electron chi connectivity index (χ4n) is 2.07. The Hall–Kier alpha value is -2.80. The minimum Gasteiger partial charge on any atom is -0.461 e. The van der Waals surface area contributed by atoms with Gasteiger partial charge in [-0.3, -0.25) is 4.40 Å². The maximum absolute atomic E-state index is 13.5. The van der Waals surface area contributed by atoms with Gasteiger partial charge in [-0.05, 0) is 31.2 Å². The normalized spacial score (nSPS) is 11.3. The van der Waals surface area contributed by atoms with Gasteiger partial charge in [-0.2, -0.15) is 0 Å². The van der Waals surface area contributed by atoms with Crippen molar-refractivity contribution >= 4 is 34.7 Å². The van der Waals surface area contributed by atoms with Crippen LogP contribution in [-0.2, 0) is 4.74 Å². The number of halogens is 2. The molecule has 0 atom stereocenters. The third-order valence-electron chi connectivity index (χ3n) is 3.13. The summed E-state index contributed by atoms with van der Waals surface area (Å²) in [5.41, 5.74) is 0.728. The number of hydrogen-bond acceptors (Lipinski definition) is 5. The zero-order valence-electron chi connectivity index (χ0n) is 12.6. The van der Waals surface area contributed by atoms with Crippen LogP contribution in [0.2, 0.25) is 5.02 Å². The van der Waals surface area contributed by atoms with Gasteiger partial charge in [-0.1, -0.05) is 23.7 Å². The Balaban J connectivity index is 2.13. The number of carbonyl (C=O) groups is 1. The van der Waals surface area contributed by atoms with Crippen LogP contribution in [0.25, 0.3) is 5.65 Å². The van der Waals surface area contributed by atoms with Gasteiger partial charge in [0.25, 0.3) is 0 Å². The predicted molar refractivity (Wildman–Crippen MR) is 86.7 cm³/mol. The van der Waals surface area contributed by atoms with Crippen molar-refractivity contribution < 1.29 is 13.9 Å². The molecule has 0 radical (unpaired) electrons. The third-order valence-corrected chi connectivity index (χ3v) is 3.45. The Morgan fingerprint density at radius 1 is 1.29 bits per heavy atom. The monoisotopic (exact) mass is 346 g/mol. The number of hydrogen-bond donors (Lipinski definition) is 0. The molecule has 0 unspecified atom stereocenters. The van der Waals surface area contributed by atoms with Gasteiger partial charge in [0.1, 0.15) is 17.2 Å². The van der Waals surface area contributed by atoms with Crippen LogP contribution in [0.3, 0.4) is 0 Å². The molecule has 3 rings (SSSR count). The lowest BCUT2D eigenvalue weighted by molar-refractivity contribution is 0.0521. The number of aromatic nitrogens is 2. The highest BCUT2D eigenvalue weighted by Gasteiger charge is 2.20. The van der Waals surface area contributed by atoms with Crippen LogP contribution in [0.1, 0.15) is 17.4 Å². The molecule has 0 aliphatic rings. The Labute approximate surface area is 141 Å². The fourth-order valence-corrected chi connectivity index (χ4v) is 2.25. The van der Waals surface area contributed by atoms with E-state index in [2.05, 4.69) is 15.2 Å². The number of nitrogens with zero attached hydrogens (tertiary/aromatic N) is 4. The van der Waals surface area contributed by atoms with E-state index in [1.165, 1.54) is 22.7 Å². The van der Waals surface area contributed by atoms with E-state index >= 15 is 0 Å². The van der Waals surface area contributed by atoms with E-state index in [1.807, 2.05) is 0 Å². The molecule has 0 aliphatic heterocycles. The van der Waals surface area contributed by atoms with Gasteiger partial charge in [-0.25, -0.2) is 14.2 Å². The molecule has 6 nitrogen and oxygen atoms in total. The summed E-state index contributed by atoms with van der Waals surface area (Å²) in [4.78, 5) is 16.2. The second kappa shape index (κ2) is 6.76. The van der Waals surface area contributed by atoms with E-state index in [1.54, 1.807) is 31.2 Å². The van der Waals surface area contributed by atoms with Crippen LogP contribution in [0.5, 0.6) is 0 Å². The molecule has 8 heteroatoms. The lowest BCUT2D eigenvalue weighted by atomic mass is 10.3. The van der Waals surface area contributed by atoms with Crippen molar-refractivity contribution in [2.24, 2.45) is 10.2 Å². The molecule has 24 heavy (non-hydrogen) atoms.